The Morgan fingerprint density at radius 1 is 0.667 bits per heavy atom. The van der Waals surface area contributed by atoms with Crippen molar-refractivity contribution in [1.82, 2.24) is 0 Å². The maximum atomic E-state index is 2.35. The highest BCUT2D eigenvalue weighted by Gasteiger charge is 2.23. The lowest BCUT2D eigenvalue weighted by Gasteiger charge is -2.37. The minimum Gasteiger partial charge on any atom is -1.00 e. The van der Waals surface area contributed by atoms with Crippen molar-refractivity contribution < 1.29 is 42.9 Å². The summed E-state index contributed by atoms with van der Waals surface area (Å²) in [5, 5.41) is 0. The third-order valence-electron chi connectivity index (χ3n) is 3.79. The summed E-state index contributed by atoms with van der Waals surface area (Å²) in [6, 6.07) is 0. The third kappa shape index (κ3) is 10.8. The van der Waals surface area contributed by atoms with Gasteiger partial charge in [-0.15, -0.1) is 0 Å². The minimum absolute atomic E-state index is 0. The molecule has 0 radical (unpaired) electrons. The van der Waals surface area contributed by atoms with Crippen LogP contribution in [0.5, 0.6) is 0 Å². The molecule has 0 atom stereocenters. The first kappa shape index (κ1) is 23.9. The van der Waals surface area contributed by atoms with Gasteiger partial charge in [0, 0.05) is 6.42 Å². The molecule has 114 valence electrons. The second-order valence-corrected chi connectivity index (χ2v) is 6.14. The second kappa shape index (κ2) is 11.7. The molecule has 0 spiro atoms. The van der Waals surface area contributed by atoms with Crippen LogP contribution in [-0.2, 0) is 0 Å². The number of quaternary nitrogens is 2. The molecule has 0 amide bonds. The smallest absolute Gasteiger partial charge is 0.0840 e. The first-order chi connectivity index (χ1) is 7.39. The molecule has 0 aromatic rings. The fourth-order valence-electron chi connectivity index (χ4n) is 2.34. The van der Waals surface area contributed by atoms with Crippen molar-refractivity contribution in [1.29, 1.82) is 0 Å². The van der Waals surface area contributed by atoms with Crippen LogP contribution < -0.4 is 34.0 Å². The van der Waals surface area contributed by atoms with Gasteiger partial charge in [0.15, 0.2) is 0 Å². The lowest BCUT2D eigenvalue weighted by molar-refractivity contribution is -0.930. The fraction of sp³-hybridized carbons (Fsp3) is 1.00. The van der Waals surface area contributed by atoms with Gasteiger partial charge in [0.1, 0.15) is 0 Å². The second-order valence-electron chi connectivity index (χ2n) is 6.14. The zero-order valence-electron chi connectivity index (χ0n) is 13.3. The van der Waals surface area contributed by atoms with Crippen molar-refractivity contribution in [3.8, 4) is 0 Å². The molecule has 2 nitrogen and oxygen atoms in total. The van der Waals surface area contributed by atoms with E-state index in [4.69, 9.17) is 0 Å². The first-order valence-corrected chi connectivity index (χ1v) is 7.04. The summed E-state index contributed by atoms with van der Waals surface area (Å²) in [4.78, 5) is 0. The van der Waals surface area contributed by atoms with E-state index >= 15 is 0 Å². The number of halogens is 2. The molecule has 4 heteroatoms. The highest BCUT2D eigenvalue weighted by atomic mass is 79.9. The number of hydrogen-bond donors (Lipinski definition) is 0. The minimum atomic E-state index is 0. The molecule has 0 fully saturated rings. The van der Waals surface area contributed by atoms with Crippen molar-refractivity contribution in [2.24, 2.45) is 0 Å². The van der Waals surface area contributed by atoms with Gasteiger partial charge >= 0.3 is 0 Å². The van der Waals surface area contributed by atoms with Gasteiger partial charge in [0.25, 0.3) is 0 Å². The normalized spacial score (nSPS) is 11.7. The van der Waals surface area contributed by atoms with Crippen LogP contribution in [0, 0.1) is 0 Å². The van der Waals surface area contributed by atoms with E-state index in [0.717, 1.165) is 4.48 Å². The van der Waals surface area contributed by atoms with E-state index in [0.29, 0.717) is 0 Å². The molecule has 0 unspecified atom stereocenters. The SMILES string of the molecule is CCCC[N+](CC)(CC)CCC[N+](C)(C)C.[Br-].[Br-]. The molecule has 0 rings (SSSR count). The largest absolute Gasteiger partial charge is 1.00 e. The molecule has 0 aliphatic rings. The van der Waals surface area contributed by atoms with Crippen molar-refractivity contribution in [3.63, 3.8) is 0 Å². The van der Waals surface area contributed by atoms with Gasteiger partial charge in [-0.25, -0.2) is 0 Å². The molecule has 0 saturated carbocycles. The van der Waals surface area contributed by atoms with Crippen molar-refractivity contribution in [2.75, 3.05) is 53.9 Å². The Morgan fingerprint density at radius 2 is 1.11 bits per heavy atom. The van der Waals surface area contributed by atoms with Crippen LogP contribution in [-0.4, -0.2) is 62.8 Å². The summed E-state index contributed by atoms with van der Waals surface area (Å²) in [6.45, 7) is 13.6. The van der Waals surface area contributed by atoms with Gasteiger partial charge < -0.3 is 42.9 Å². The molecule has 18 heavy (non-hydrogen) atoms. The standard InChI is InChI=1S/C14H34N2.2BrH/c1-7-10-13-16(8-2,9-3)14-11-12-15(4,5)6;;/h7-14H2,1-6H3;2*1H/q+2;;/p-2. The maximum Gasteiger partial charge on any atom is 0.0840 e. The highest BCUT2D eigenvalue weighted by Crippen LogP contribution is 2.11. The Kier molecular flexibility index (Phi) is 15.5. The maximum absolute atomic E-state index is 2.35. The Labute approximate surface area is 136 Å². The monoisotopic (exact) mass is 388 g/mol. The van der Waals surface area contributed by atoms with E-state index in [1.54, 1.807) is 0 Å². The molecule has 0 saturated heterocycles. The van der Waals surface area contributed by atoms with Gasteiger partial charge in [-0.3, -0.25) is 0 Å². The summed E-state index contributed by atoms with van der Waals surface area (Å²) in [6.07, 6.45) is 4.07. The predicted octanol–water partition coefficient (Wildman–Crippen LogP) is -3.25. The number of unbranched alkanes of at least 4 members (excludes halogenated alkanes) is 1. The van der Waals surface area contributed by atoms with E-state index in [-0.39, 0.29) is 34.0 Å². The van der Waals surface area contributed by atoms with Crippen LogP contribution in [0.25, 0.3) is 0 Å². The Morgan fingerprint density at radius 3 is 1.44 bits per heavy atom. The average Bonchev–Trinajstić information content (AvgIpc) is 2.22. The third-order valence-corrected chi connectivity index (χ3v) is 3.79. The van der Waals surface area contributed by atoms with Crippen LogP contribution in [0.2, 0.25) is 0 Å². The van der Waals surface area contributed by atoms with Crippen LogP contribution >= 0.6 is 0 Å². The summed E-state index contributed by atoms with van der Waals surface area (Å²) in [5.74, 6) is 0. The summed E-state index contributed by atoms with van der Waals surface area (Å²) < 4.78 is 2.43. The van der Waals surface area contributed by atoms with E-state index < -0.39 is 0 Å². The Hall–Kier alpha value is 0.880. The zero-order chi connectivity index (χ0) is 12.7. The molecular formula is C14H34Br2N2. The molecule has 0 N–H and O–H groups in total. The van der Waals surface area contributed by atoms with Gasteiger partial charge in [-0.2, -0.15) is 0 Å². The van der Waals surface area contributed by atoms with Gasteiger partial charge in [0.05, 0.1) is 53.9 Å². The average molecular weight is 390 g/mol. The van der Waals surface area contributed by atoms with Gasteiger partial charge in [-0.1, -0.05) is 13.3 Å². The van der Waals surface area contributed by atoms with E-state index in [1.807, 2.05) is 0 Å². The van der Waals surface area contributed by atoms with E-state index in [1.165, 1.54) is 56.5 Å². The molecule has 0 heterocycles. The molecule has 0 aliphatic heterocycles. The van der Waals surface area contributed by atoms with Gasteiger partial charge in [0.2, 0.25) is 0 Å². The van der Waals surface area contributed by atoms with Crippen LogP contribution in [0.15, 0.2) is 0 Å². The topological polar surface area (TPSA) is 0 Å². The molecule has 0 aromatic carbocycles. The van der Waals surface area contributed by atoms with E-state index in [2.05, 4.69) is 41.9 Å². The predicted molar refractivity (Wildman–Crippen MR) is 73.5 cm³/mol. The highest BCUT2D eigenvalue weighted by molar-refractivity contribution is 4.44. The molecule has 0 aromatic heterocycles. The van der Waals surface area contributed by atoms with Crippen molar-refractivity contribution in [3.05, 3.63) is 0 Å². The van der Waals surface area contributed by atoms with Crippen LogP contribution in [0.1, 0.15) is 40.0 Å². The Balaban J connectivity index is -0.00000112. The molecule has 0 bridgehead atoms. The quantitative estimate of drug-likeness (QED) is 0.363. The molecule has 0 aliphatic carbocycles. The lowest BCUT2D eigenvalue weighted by Crippen LogP contribution is -3.00. The fourth-order valence-corrected chi connectivity index (χ4v) is 2.34. The Bertz CT molecular complexity index is 175. The zero-order valence-corrected chi connectivity index (χ0v) is 16.5. The number of nitrogens with zero attached hydrogens (tertiary/aromatic N) is 2. The number of hydrogen-bond acceptors (Lipinski definition) is 0. The van der Waals surface area contributed by atoms with Crippen molar-refractivity contribution >= 4 is 0 Å². The van der Waals surface area contributed by atoms with Gasteiger partial charge in [-0.05, 0) is 20.3 Å². The van der Waals surface area contributed by atoms with Crippen LogP contribution in [0.4, 0.5) is 0 Å². The van der Waals surface area contributed by atoms with E-state index in [9.17, 15) is 0 Å². The van der Waals surface area contributed by atoms with Crippen molar-refractivity contribution in [2.45, 2.75) is 40.0 Å². The van der Waals surface area contributed by atoms with Crippen LogP contribution in [0.3, 0.4) is 0 Å². The summed E-state index contributed by atoms with van der Waals surface area (Å²) >= 11 is 0. The molecular weight excluding hydrogens is 356 g/mol. The summed E-state index contributed by atoms with van der Waals surface area (Å²) in [7, 11) is 6.87. The number of rotatable bonds is 9. The lowest BCUT2D eigenvalue weighted by atomic mass is 10.2. The first-order valence-electron chi connectivity index (χ1n) is 7.04. The summed E-state index contributed by atoms with van der Waals surface area (Å²) in [5.41, 5.74) is 0.